The smallest absolute Gasteiger partial charge is 0.401 e. The first-order valence-corrected chi connectivity index (χ1v) is 4.69. The Morgan fingerprint density at radius 1 is 1.47 bits per heavy atom. The number of alkyl halides is 3. The van der Waals surface area contributed by atoms with Crippen molar-refractivity contribution in [2.45, 2.75) is 31.5 Å². The van der Waals surface area contributed by atoms with Gasteiger partial charge >= 0.3 is 12.1 Å². The Morgan fingerprint density at radius 3 is 2.20 bits per heavy atom. The normalized spacial score (nSPS) is 21.5. The molecule has 0 amide bonds. The topological polar surface area (TPSA) is 40.5 Å². The van der Waals surface area contributed by atoms with Crippen LogP contribution in [-0.4, -0.2) is 41.3 Å². The number of likely N-dealkylation sites (N-methyl/N-ethyl adjacent to an activating group) is 1. The van der Waals surface area contributed by atoms with Gasteiger partial charge in [-0.15, -0.1) is 0 Å². The molecular formula is C9H14F3NO2. The summed E-state index contributed by atoms with van der Waals surface area (Å²) in [4.78, 5) is 11.9. The number of rotatable bonds is 4. The van der Waals surface area contributed by atoms with Crippen LogP contribution in [0.15, 0.2) is 0 Å². The van der Waals surface area contributed by atoms with Crippen LogP contribution < -0.4 is 0 Å². The molecule has 1 N–H and O–H groups in total. The highest BCUT2D eigenvalue weighted by Gasteiger charge is 2.52. The van der Waals surface area contributed by atoms with Crippen molar-refractivity contribution in [1.29, 1.82) is 0 Å². The zero-order chi connectivity index (χ0) is 11.9. The summed E-state index contributed by atoms with van der Waals surface area (Å²) < 4.78 is 36.4. The van der Waals surface area contributed by atoms with Gasteiger partial charge in [0.1, 0.15) is 5.54 Å². The molecule has 1 atom stereocenters. The molecule has 1 unspecified atom stereocenters. The molecule has 0 bridgehead atoms. The van der Waals surface area contributed by atoms with Gasteiger partial charge in [0.2, 0.25) is 0 Å². The van der Waals surface area contributed by atoms with Crippen LogP contribution >= 0.6 is 0 Å². The van der Waals surface area contributed by atoms with Gasteiger partial charge < -0.3 is 5.11 Å². The van der Waals surface area contributed by atoms with Crippen LogP contribution in [0.5, 0.6) is 0 Å². The molecule has 1 aliphatic carbocycles. The quantitative estimate of drug-likeness (QED) is 0.792. The van der Waals surface area contributed by atoms with E-state index in [4.69, 9.17) is 5.11 Å². The third-order valence-corrected chi connectivity index (χ3v) is 3.01. The van der Waals surface area contributed by atoms with Crippen molar-refractivity contribution < 1.29 is 23.1 Å². The van der Waals surface area contributed by atoms with Crippen molar-refractivity contribution >= 4 is 5.97 Å². The maximum absolute atomic E-state index is 12.1. The van der Waals surface area contributed by atoms with Crippen LogP contribution in [-0.2, 0) is 4.79 Å². The first kappa shape index (κ1) is 12.3. The lowest BCUT2D eigenvalue weighted by Gasteiger charge is -2.35. The third-order valence-electron chi connectivity index (χ3n) is 3.01. The maximum atomic E-state index is 12.1. The van der Waals surface area contributed by atoms with Gasteiger partial charge in [0.25, 0.3) is 0 Å². The van der Waals surface area contributed by atoms with E-state index in [0.29, 0.717) is 12.8 Å². The fourth-order valence-electron chi connectivity index (χ4n) is 1.73. The van der Waals surface area contributed by atoms with Gasteiger partial charge in [0.05, 0.1) is 6.54 Å². The number of nitrogens with zero attached hydrogens (tertiary/aromatic N) is 1. The predicted molar refractivity (Wildman–Crippen MR) is 47.4 cm³/mol. The molecule has 0 heterocycles. The first-order chi connectivity index (χ1) is 6.68. The van der Waals surface area contributed by atoms with E-state index in [2.05, 4.69) is 0 Å². The second-order valence-electron chi connectivity index (χ2n) is 4.20. The summed E-state index contributed by atoms with van der Waals surface area (Å²) >= 11 is 0. The van der Waals surface area contributed by atoms with E-state index >= 15 is 0 Å². The number of halogens is 3. The summed E-state index contributed by atoms with van der Waals surface area (Å²) in [6.45, 7) is 0.172. The summed E-state index contributed by atoms with van der Waals surface area (Å²) in [7, 11) is 1.21. The largest absolute Gasteiger partial charge is 0.480 e. The molecule has 1 rings (SSSR count). The van der Waals surface area contributed by atoms with Crippen LogP contribution in [0.25, 0.3) is 0 Å². The Morgan fingerprint density at radius 2 is 1.93 bits per heavy atom. The highest BCUT2D eigenvalue weighted by atomic mass is 19.4. The Kier molecular flexibility index (Phi) is 3.00. The summed E-state index contributed by atoms with van der Waals surface area (Å²) in [5, 5.41) is 9.00. The zero-order valence-corrected chi connectivity index (χ0v) is 8.64. The van der Waals surface area contributed by atoms with E-state index < -0.39 is 24.2 Å². The summed E-state index contributed by atoms with van der Waals surface area (Å²) in [6.07, 6.45) is -2.99. The van der Waals surface area contributed by atoms with E-state index in [9.17, 15) is 18.0 Å². The number of hydrogen-bond donors (Lipinski definition) is 1. The molecule has 3 nitrogen and oxygen atoms in total. The molecule has 0 aromatic carbocycles. The van der Waals surface area contributed by atoms with Gasteiger partial charge in [0.15, 0.2) is 0 Å². The Balaban J connectivity index is 2.76. The third kappa shape index (κ3) is 2.62. The number of carbonyl (C=O) groups is 1. The summed E-state index contributed by atoms with van der Waals surface area (Å²) in [5.74, 6) is -1.35. The molecule has 6 heteroatoms. The van der Waals surface area contributed by atoms with Crippen LogP contribution in [0.1, 0.15) is 19.8 Å². The molecular weight excluding hydrogens is 211 g/mol. The molecule has 15 heavy (non-hydrogen) atoms. The molecule has 1 saturated carbocycles. The van der Waals surface area contributed by atoms with Gasteiger partial charge in [-0.2, -0.15) is 13.2 Å². The average Bonchev–Trinajstić information content (AvgIpc) is 2.80. The standard InChI is InChI=1S/C9H14F3NO2/c1-8(7(14)15,6-3-4-6)13(2)5-9(10,11)12/h6H,3-5H2,1-2H3,(H,14,15). The number of hydrogen-bond acceptors (Lipinski definition) is 2. The minimum Gasteiger partial charge on any atom is -0.480 e. The highest BCUT2D eigenvalue weighted by molar-refractivity contribution is 5.79. The van der Waals surface area contributed by atoms with Crippen molar-refractivity contribution in [2.75, 3.05) is 13.6 Å². The zero-order valence-electron chi connectivity index (χ0n) is 8.64. The van der Waals surface area contributed by atoms with Gasteiger partial charge in [-0.3, -0.25) is 9.69 Å². The Bertz CT molecular complexity index is 263. The highest BCUT2D eigenvalue weighted by Crippen LogP contribution is 2.43. The number of aliphatic carboxylic acids is 1. The molecule has 0 aromatic rings. The first-order valence-electron chi connectivity index (χ1n) is 4.69. The monoisotopic (exact) mass is 225 g/mol. The minimum atomic E-state index is -4.36. The molecule has 0 aliphatic heterocycles. The molecule has 0 spiro atoms. The fraction of sp³-hybridized carbons (Fsp3) is 0.889. The van der Waals surface area contributed by atoms with Gasteiger partial charge in [-0.25, -0.2) is 0 Å². The van der Waals surface area contributed by atoms with Crippen molar-refractivity contribution in [3.05, 3.63) is 0 Å². The van der Waals surface area contributed by atoms with Crippen molar-refractivity contribution in [1.82, 2.24) is 4.90 Å². The summed E-state index contributed by atoms with van der Waals surface area (Å²) in [6, 6.07) is 0. The number of carboxylic acids is 1. The Labute approximate surface area is 85.9 Å². The van der Waals surface area contributed by atoms with Crippen LogP contribution in [0.4, 0.5) is 13.2 Å². The van der Waals surface area contributed by atoms with E-state index in [1.54, 1.807) is 0 Å². The SMILES string of the molecule is CN(CC(F)(F)F)C(C)(C(=O)O)C1CC1. The second kappa shape index (κ2) is 3.66. The Hall–Kier alpha value is -0.780. The summed E-state index contributed by atoms with van der Waals surface area (Å²) in [5.41, 5.74) is -1.39. The molecule has 0 radical (unpaired) electrons. The molecule has 0 saturated heterocycles. The molecule has 1 aliphatic rings. The lowest BCUT2D eigenvalue weighted by atomic mass is 9.94. The maximum Gasteiger partial charge on any atom is 0.401 e. The van der Waals surface area contributed by atoms with Crippen molar-refractivity contribution in [2.24, 2.45) is 5.92 Å². The average molecular weight is 225 g/mol. The molecule has 0 aromatic heterocycles. The number of carboxylic acid groups (broad SMARTS) is 1. The van der Waals surface area contributed by atoms with E-state index in [1.165, 1.54) is 14.0 Å². The van der Waals surface area contributed by atoms with E-state index in [1.807, 2.05) is 0 Å². The van der Waals surface area contributed by atoms with Crippen LogP contribution in [0.3, 0.4) is 0 Å². The van der Waals surface area contributed by atoms with E-state index in [0.717, 1.165) is 4.90 Å². The minimum absolute atomic E-state index is 0.164. The van der Waals surface area contributed by atoms with E-state index in [-0.39, 0.29) is 5.92 Å². The van der Waals surface area contributed by atoms with Crippen LogP contribution in [0, 0.1) is 5.92 Å². The van der Waals surface area contributed by atoms with Gasteiger partial charge in [-0.1, -0.05) is 0 Å². The van der Waals surface area contributed by atoms with Crippen molar-refractivity contribution in [3.63, 3.8) is 0 Å². The fourth-order valence-corrected chi connectivity index (χ4v) is 1.73. The molecule has 88 valence electrons. The van der Waals surface area contributed by atoms with Crippen molar-refractivity contribution in [3.8, 4) is 0 Å². The lowest BCUT2D eigenvalue weighted by molar-refractivity contribution is -0.170. The van der Waals surface area contributed by atoms with Crippen LogP contribution in [0.2, 0.25) is 0 Å². The van der Waals surface area contributed by atoms with Gasteiger partial charge in [0, 0.05) is 0 Å². The second-order valence-corrected chi connectivity index (χ2v) is 4.20. The van der Waals surface area contributed by atoms with Gasteiger partial charge in [-0.05, 0) is 32.7 Å². The predicted octanol–water partition coefficient (Wildman–Crippen LogP) is 1.73. The molecule has 1 fully saturated rings. The lowest BCUT2D eigenvalue weighted by Crippen LogP contribution is -2.55.